The number of carbonyl (C=O) groups is 1. The maximum Gasteiger partial charge on any atom is 0.150 e. The lowest BCUT2D eigenvalue weighted by Gasteiger charge is -1.95. The van der Waals surface area contributed by atoms with Crippen LogP contribution in [0, 0.1) is 0 Å². The molecule has 0 unspecified atom stereocenters. The van der Waals surface area contributed by atoms with Gasteiger partial charge in [-0.1, -0.05) is 74.2 Å². The Bertz CT molecular complexity index is 473. The molecule has 0 aliphatic carbocycles. The van der Waals surface area contributed by atoms with Crippen LogP contribution in [0.3, 0.4) is 0 Å². The Hall–Kier alpha value is -2.15. The molecule has 0 aromatic heterocycles. The van der Waals surface area contributed by atoms with Crippen LogP contribution in [0.25, 0.3) is 6.08 Å². The van der Waals surface area contributed by atoms with E-state index < -0.39 is 0 Å². The highest BCUT2D eigenvalue weighted by Gasteiger charge is 1.90. The summed E-state index contributed by atoms with van der Waals surface area (Å²) in [5.41, 5.74) is 2.87. The van der Waals surface area contributed by atoms with Crippen molar-refractivity contribution in [1.82, 2.24) is 0 Å². The summed E-state index contributed by atoms with van der Waals surface area (Å²) in [4.78, 5) is 10.5. The Morgan fingerprint density at radius 2 is 1.83 bits per heavy atom. The van der Waals surface area contributed by atoms with Crippen LogP contribution in [0.15, 0.2) is 66.8 Å². The maximum absolute atomic E-state index is 10.5. The van der Waals surface area contributed by atoms with Crippen molar-refractivity contribution >= 4 is 12.4 Å². The summed E-state index contributed by atoms with van der Waals surface area (Å²) in [6.45, 7) is 5.80. The molecule has 0 aliphatic heterocycles. The summed E-state index contributed by atoms with van der Waals surface area (Å²) in [5, 5.41) is 0. The zero-order valence-corrected chi connectivity index (χ0v) is 10.7. The number of allylic oxidation sites excluding steroid dienone is 6. The first-order chi connectivity index (χ1) is 8.80. The molecule has 1 heteroatoms. The zero-order chi connectivity index (χ0) is 13.2. The molecule has 0 aliphatic rings. The summed E-state index contributed by atoms with van der Waals surface area (Å²) in [7, 11) is 0. The monoisotopic (exact) mass is 238 g/mol. The van der Waals surface area contributed by atoms with E-state index in [4.69, 9.17) is 0 Å². The predicted molar refractivity (Wildman–Crippen MR) is 78.6 cm³/mol. The van der Waals surface area contributed by atoms with E-state index in [0.717, 1.165) is 23.8 Å². The first-order valence-electron chi connectivity index (χ1n) is 6.02. The Kier molecular flexibility index (Phi) is 6.20. The van der Waals surface area contributed by atoms with Crippen LogP contribution < -0.4 is 0 Å². The predicted octanol–water partition coefficient (Wildman–Crippen LogP) is 4.59. The van der Waals surface area contributed by atoms with Crippen molar-refractivity contribution in [2.45, 2.75) is 13.3 Å². The molecule has 1 nitrogen and oxygen atoms in total. The fraction of sp³-hybridized carbons (Fsp3) is 0.118. The van der Waals surface area contributed by atoms with Crippen molar-refractivity contribution in [2.75, 3.05) is 0 Å². The largest absolute Gasteiger partial charge is 0.298 e. The molecule has 0 bridgehead atoms. The quantitative estimate of drug-likeness (QED) is 0.523. The molecule has 1 rings (SSSR count). The Morgan fingerprint density at radius 1 is 1.17 bits per heavy atom. The third kappa shape index (κ3) is 4.79. The van der Waals surface area contributed by atoms with Gasteiger partial charge in [0, 0.05) is 5.56 Å². The number of hydrogen-bond donors (Lipinski definition) is 0. The maximum atomic E-state index is 10.5. The van der Waals surface area contributed by atoms with Crippen molar-refractivity contribution in [3.05, 3.63) is 77.9 Å². The van der Waals surface area contributed by atoms with Crippen molar-refractivity contribution in [1.29, 1.82) is 0 Å². The van der Waals surface area contributed by atoms with E-state index in [1.807, 2.05) is 42.5 Å². The van der Waals surface area contributed by atoms with Gasteiger partial charge in [-0.2, -0.15) is 0 Å². The van der Waals surface area contributed by atoms with Gasteiger partial charge in [0.25, 0.3) is 0 Å². The van der Waals surface area contributed by atoms with E-state index in [-0.39, 0.29) is 0 Å². The fourth-order valence-electron chi connectivity index (χ4n) is 1.43. The molecule has 0 heterocycles. The summed E-state index contributed by atoms with van der Waals surface area (Å²) in [6.07, 6.45) is 13.8. The number of aldehydes is 1. The zero-order valence-electron chi connectivity index (χ0n) is 10.7. The van der Waals surface area contributed by atoms with Crippen LogP contribution in [0.1, 0.15) is 29.3 Å². The lowest BCUT2D eigenvalue weighted by molar-refractivity contribution is 0.112. The van der Waals surface area contributed by atoms with E-state index in [1.54, 1.807) is 6.08 Å². The van der Waals surface area contributed by atoms with Gasteiger partial charge in [0.2, 0.25) is 0 Å². The van der Waals surface area contributed by atoms with Crippen molar-refractivity contribution in [3.63, 3.8) is 0 Å². The molecule has 0 amide bonds. The minimum absolute atomic E-state index is 0.694. The van der Waals surface area contributed by atoms with E-state index in [2.05, 4.69) is 25.7 Å². The summed E-state index contributed by atoms with van der Waals surface area (Å²) in [5.74, 6) is 0. The van der Waals surface area contributed by atoms with Crippen molar-refractivity contribution < 1.29 is 4.79 Å². The third-order valence-corrected chi connectivity index (χ3v) is 2.40. The minimum Gasteiger partial charge on any atom is -0.298 e. The topological polar surface area (TPSA) is 17.1 Å². The van der Waals surface area contributed by atoms with E-state index in [1.165, 1.54) is 0 Å². The molecule has 0 fully saturated rings. The Labute approximate surface area is 109 Å². The second kappa shape index (κ2) is 8.02. The van der Waals surface area contributed by atoms with Gasteiger partial charge < -0.3 is 0 Å². The van der Waals surface area contributed by atoms with Gasteiger partial charge >= 0.3 is 0 Å². The first-order valence-corrected chi connectivity index (χ1v) is 6.02. The smallest absolute Gasteiger partial charge is 0.150 e. The molecule has 0 radical (unpaired) electrons. The highest BCUT2D eigenvalue weighted by atomic mass is 16.1. The second-order valence-electron chi connectivity index (χ2n) is 3.83. The van der Waals surface area contributed by atoms with Gasteiger partial charge in [-0.05, 0) is 17.6 Å². The molecule has 0 spiro atoms. The Morgan fingerprint density at radius 3 is 2.39 bits per heavy atom. The number of benzene rings is 1. The Balaban J connectivity index is 2.81. The highest BCUT2D eigenvalue weighted by molar-refractivity contribution is 5.75. The van der Waals surface area contributed by atoms with Gasteiger partial charge in [0.1, 0.15) is 6.29 Å². The molecular weight excluding hydrogens is 220 g/mol. The standard InChI is InChI=1S/C17H18O/c1-3-5-7-15(6-4-2)8-9-16-10-12-17(14-18)13-11-16/h4-14H,2-3H2,1H3/b7-5-,9-8+,15-6+. The minimum atomic E-state index is 0.694. The van der Waals surface area contributed by atoms with Gasteiger partial charge in [0.15, 0.2) is 0 Å². The molecule has 1 aromatic carbocycles. The SMILES string of the molecule is C=C/C=C(\C=C/CC)/C=C/c1ccc(C=O)cc1. The molecule has 0 saturated heterocycles. The molecule has 1 aromatic rings. The molecule has 0 saturated carbocycles. The van der Waals surface area contributed by atoms with Crippen LogP contribution >= 0.6 is 0 Å². The lowest BCUT2D eigenvalue weighted by atomic mass is 10.1. The van der Waals surface area contributed by atoms with Crippen molar-refractivity contribution in [3.8, 4) is 0 Å². The van der Waals surface area contributed by atoms with Gasteiger partial charge in [-0.25, -0.2) is 0 Å². The first kappa shape index (κ1) is 13.9. The average Bonchev–Trinajstić information content (AvgIpc) is 2.42. The van der Waals surface area contributed by atoms with E-state index in [0.29, 0.717) is 5.56 Å². The molecule has 92 valence electrons. The van der Waals surface area contributed by atoms with Crippen LogP contribution in [0.2, 0.25) is 0 Å². The van der Waals surface area contributed by atoms with E-state index >= 15 is 0 Å². The van der Waals surface area contributed by atoms with Crippen LogP contribution in [-0.2, 0) is 0 Å². The van der Waals surface area contributed by atoms with Crippen LogP contribution in [0.4, 0.5) is 0 Å². The van der Waals surface area contributed by atoms with Gasteiger partial charge in [-0.3, -0.25) is 4.79 Å². The second-order valence-corrected chi connectivity index (χ2v) is 3.83. The fourth-order valence-corrected chi connectivity index (χ4v) is 1.43. The molecule has 0 atom stereocenters. The number of rotatable bonds is 6. The summed E-state index contributed by atoms with van der Waals surface area (Å²) in [6, 6.07) is 7.47. The summed E-state index contributed by atoms with van der Waals surface area (Å²) < 4.78 is 0. The molecule has 0 N–H and O–H groups in total. The number of carbonyl (C=O) groups excluding carboxylic acids is 1. The molecular formula is C17H18O. The summed E-state index contributed by atoms with van der Waals surface area (Å²) >= 11 is 0. The highest BCUT2D eigenvalue weighted by Crippen LogP contribution is 2.08. The molecule has 18 heavy (non-hydrogen) atoms. The van der Waals surface area contributed by atoms with Crippen LogP contribution in [0.5, 0.6) is 0 Å². The average molecular weight is 238 g/mol. The van der Waals surface area contributed by atoms with Crippen molar-refractivity contribution in [2.24, 2.45) is 0 Å². The van der Waals surface area contributed by atoms with Gasteiger partial charge in [-0.15, -0.1) is 0 Å². The van der Waals surface area contributed by atoms with Crippen LogP contribution in [-0.4, -0.2) is 6.29 Å². The normalized spacial score (nSPS) is 12.2. The number of hydrogen-bond acceptors (Lipinski definition) is 1. The van der Waals surface area contributed by atoms with Gasteiger partial charge in [0.05, 0.1) is 0 Å². The third-order valence-electron chi connectivity index (χ3n) is 2.40. The van der Waals surface area contributed by atoms with E-state index in [9.17, 15) is 4.79 Å². The lowest BCUT2D eigenvalue weighted by Crippen LogP contribution is -1.79.